The van der Waals surface area contributed by atoms with E-state index in [9.17, 15) is 0 Å². The number of nitrogens with zero attached hydrogens (tertiary/aromatic N) is 1. The van der Waals surface area contributed by atoms with E-state index in [0.29, 0.717) is 0 Å². The number of hydrogen-bond acceptors (Lipinski definition) is 1. The molecule has 1 nitrogen and oxygen atoms in total. The summed E-state index contributed by atoms with van der Waals surface area (Å²) in [5.74, 6) is 0. The molecule has 0 saturated carbocycles. The minimum atomic E-state index is 0.959. The van der Waals surface area contributed by atoms with E-state index < -0.39 is 0 Å². The summed E-state index contributed by atoms with van der Waals surface area (Å²) in [6.07, 6.45) is 2.19. The lowest BCUT2D eigenvalue weighted by molar-refractivity contribution is 0.831. The molecule has 0 aliphatic carbocycles. The normalized spacial score (nSPS) is 10.5. The van der Waals surface area contributed by atoms with Crippen LogP contribution in [0.4, 0.5) is 5.69 Å². The van der Waals surface area contributed by atoms with E-state index in [1.165, 1.54) is 22.4 Å². The van der Waals surface area contributed by atoms with Crippen molar-refractivity contribution in [1.29, 1.82) is 0 Å². The molecule has 3 rings (SSSR count). The van der Waals surface area contributed by atoms with Crippen LogP contribution < -0.4 is 4.90 Å². The fraction of sp³-hybridized carbons (Fsp3) is 0.217. The van der Waals surface area contributed by atoms with Gasteiger partial charge in [-0.2, -0.15) is 0 Å². The van der Waals surface area contributed by atoms with Gasteiger partial charge in [-0.1, -0.05) is 72.8 Å². The number of aryl methyl sites for hydroxylation is 2. The molecule has 0 unspecified atom stereocenters. The highest BCUT2D eigenvalue weighted by Crippen LogP contribution is 2.19. The van der Waals surface area contributed by atoms with Crippen LogP contribution in [0.15, 0.2) is 84.9 Å². The zero-order valence-corrected chi connectivity index (χ0v) is 14.4. The molecule has 0 N–H and O–H groups in total. The Labute approximate surface area is 145 Å². The second kappa shape index (κ2) is 8.35. The molecule has 122 valence electrons. The van der Waals surface area contributed by atoms with Crippen molar-refractivity contribution in [3.05, 3.63) is 102 Å². The number of hydrogen-bond donors (Lipinski definition) is 0. The summed E-state index contributed by atoms with van der Waals surface area (Å²) in [7, 11) is 0. The Morgan fingerprint density at radius 2 is 1.08 bits per heavy atom. The maximum Gasteiger partial charge on any atom is 0.0429 e. The van der Waals surface area contributed by atoms with Crippen LogP contribution in [0.5, 0.6) is 0 Å². The van der Waals surface area contributed by atoms with E-state index in [0.717, 1.165) is 25.9 Å². The average Bonchev–Trinajstić information content (AvgIpc) is 2.67. The SMILES string of the molecule is CCN(Cc1ccccc1)c1ccc(CCc2ccccc2)cc1. The highest BCUT2D eigenvalue weighted by Gasteiger charge is 2.05. The lowest BCUT2D eigenvalue weighted by atomic mass is 10.0. The van der Waals surface area contributed by atoms with Crippen molar-refractivity contribution in [3.8, 4) is 0 Å². The van der Waals surface area contributed by atoms with Gasteiger partial charge in [-0.3, -0.25) is 0 Å². The first-order valence-corrected chi connectivity index (χ1v) is 8.77. The summed E-state index contributed by atoms with van der Waals surface area (Å²) < 4.78 is 0. The van der Waals surface area contributed by atoms with E-state index in [2.05, 4.69) is 96.8 Å². The molecule has 0 aliphatic rings. The van der Waals surface area contributed by atoms with Gasteiger partial charge < -0.3 is 4.90 Å². The monoisotopic (exact) mass is 315 g/mol. The molecule has 0 spiro atoms. The van der Waals surface area contributed by atoms with Gasteiger partial charge in [0, 0.05) is 18.8 Å². The van der Waals surface area contributed by atoms with Gasteiger partial charge in [0.25, 0.3) is 0 Å². The fourth-order valence-corrected chi connectivity index (χ4v) is 3.00. The predicted octanol–water partition coefficient (Wildman–Crippen LogP) is 5.50. The van der Waals surface area contributed by atoms with E-state index >= 15 is 0 Å². The highest BCUT2D eigenvalue weighted by atomic mass is 15.1. The van der Waals surface area contributed by atoms with Crippen molar-refractivity contribution in [2.24, 2.45) is 0 Å². The number of rotatable bonds is 7. The standard InChI is InChI=1S/C23H25N/c1-2-24(19-22-11-7-4-8-12-22)23-17-15-21(16-18-23)14-13-20-9-5-3-6-10-20/h3-12,15-18H,2,13-14,19H2,1H3. The van der Waals surface area contributed by atoms with Crippen LogP contribution in [0, 0.1) is 0 Å². The van der Waals surface area contributed by atoms with Gasteiger partial charge in [0.15, 0.2) is 0 Å². The molecule has 0 atom stereocenters. The summed E-state index contributed by atoms with van der Waals surface area (Å²) >= 11 is 0. The van der Waals surface area contributed by atoms with Crippen molar-refractivity contribution < 1.29 is 0 Å². The van der Waals surface area contributed by atoms with Crippen molar-refractivity contribution in [1.82, 2.24) is 0 Å². The van der Waals surface area contributed by atoms with Crippen LogP contribution in [-0.4, -0.2) is 6.54 Å². The Kier molecular flexibility index (Phi) is 5.68. The topological polar surface area (TPSA) is 3.24 Å². The second-order valence-electron chi connectivity index (χ2n) is 6.15. The quantitative estimate of drug-likeness (QED) is 0.556. The van der Waals surface area contributed by atoms with Gasteiger partial charge >= 0.3 is 0 Å². The molecule has 0 aliphatic heterocycles. The van der Waals surface area contributed by atoms with Crippen LogP contribution in [0.25, 0.3) is 0 Å². The molecular formula is C23H25N. The Hall–Kier alpha value is -2.54. The Bertz CT molecular complexity index is 717. The van der Waals surface area contributed by atoms with Gasteiger partial charge in [0.2, 0.25) is 0 Å². The molecule has 0 amide bonds. The van der Waals surface area contributed by atoms with Crippen molar-refractivity contribution in [2.75, 3.05) is 11.4 Å². The maximum atomic E-state index is 2.41. The van der Waals surface area contributed by atoms with E-state index in [4.69, 9.17) is 0 Å². The first-order valence-electron chi connectivity index (χ1n) is 8.77. The van der Waals surface area contributed by atoms with Crippen molar-refractivity contribution in [2.45, 2.75) is 26.3 Å². The first-order chi connectivity index (χ1) is 11.8. The average molecular weight is 315 g/mol. The van der Waals surface area contributed by atoms with Gasteiger partial charge in [0.05, 0.1) is 0 Å². The second-order valence-corrected chi connectivity index (χ2v) is 6.15. The smallest absolute Gasteiger partial charge is 0.0429 e. The molecule has 3 aromatic carbocycles. The molecule has 24 heavy (non-hydrogen) atoms. The van der Waals surface area contributed by atoms with Crippen LogP contribution >= 0.6 is 0 Å². The third-order valence-electron chi connectivity index (χ3n) is 4.44. The molecule has 3 aromatic rings. The minimum absolute atomic E-state index is 0.959. The Balaban J connectivity index is 1.62. The summed E-state index contributed by atoms with van der Waals surface area (Å²) in [5.41, 5.74) is 5.46. The van der Waals surface area contributed by atoms with Crippen molar-refractivity contribution in [3.63, 3.8) is 0 Å². The molecule has 0 heterocycles. The van der Waals surface area contributed by atoms with Crippen LogP contribution in [0.1, 0.15) is 23.6 Å². The largest absolute Gasteiger partial charge is 0.367 e. The van der Waals surface area contributed by atoms with Crippen LogP contribution in [0.3, 0.4) is 0 Å². The van der Waals surface area contributed by atoms with Gasteiger partial charge in [-0.05, 0) is 48.6 Å². The minimum Gasteiger partial charge on any atom is -0.367 e. The molecular weight excluding hydrogens is 290 g/mol. The maximum absolute atomic E-state index is 2.41. The van der Waals surface area contributed by atoms with Crippen molar-refractivity contribution >= 4 is 5.69 Å². The number of benzene rings is 3. The van der Waals surface area contributed by atoms with Crippen LogP contribution in [-0.2, 0) is 19.4 Å². The molecule has 0 fully saturated rings. The number of anilines is 1. The molecule has 0 saturated heterocycles. The predicted molar refractivity (Wildman–Crippen MR) is 103 cm³/mol. The van der Waals surface area contributed by atoms with E-state index in [1.807, 2.05) is 0 Å². The lowest BCUT2D eigenvalue weighted by Gasteiger charge is -2.23. The molecule has 1 heteroatoms. The highest BCUT2D eigenvalue weighted by molar-refractivity contribution is 5.48. The molecule has 0 bridgehead atoms. The summed E-state index contributed by atoms with van der Waals surface area (Å²) in [6.45, 7) is 4.19. The van der Waals surface area contributed by atoms with E-state index in [-0.39, 0.29) is 0 Å². The molecule has 0 radical (unpaired) electrons. The zero-order valence-electron chi connectivity index (χ0n) is 14.4. The van der Waals surface area contributed by atoms with Gasteiger partial charge in [-0.15, -0.1) is 0 Å². The Morgan fingerprint density at radius 1 is 0.583 bits per heavy atom. The van der Waals surface area contributed by atoms with Gasteiger partial charge in [0.1, 0.15) is 0 Å². The zero-order chi connectivity index (χ0) is 16.6. The van der Waals surface area contributed by atoms with E-state index in [1.54, 1.807) is 0 Å². The summed E-state index contributed by atoms with van der Waals surface area (Å²) in [4.78, 5) is 2.41. The third kappa shape index (κ3) is 4.48. The lowest BCUT2D eigenvalue weighted by Crippen LogP contribution is -2.21. The van der Waals surface area contributed by atoms with Gasteiger partial charge in [-0.25, -0.2) is 0 Å². The summed E-state index contributed by atoms with van der Waals surface area (Å²) in [5, 5.41) is 0. The fourth-order valence-electron chi connectivity index (χ4n) is 3.00. The first kappa shape index (κ1) is 16.3. The molecule has 0 aromatic heterocycles. The summed E-state index contributed by atoms with van der Waals surface area (Å²) in [6, 6.07) is 30.4. The third-order valence-corrected chi connectivity index (χ3v) is 4.44. The van der Waals surface area contributed by atoms with Crippen LogP contribution in [0.2, 0.25) is 0 Å². The Morgan fingerprint density at radius 3 is 1.62 bits per heavy atom.